The summed E-state index contributed by atoms with van der Waals surface area (Å²) in [6.07, 6.45) is 0.262. The highest BCUT2D eigenvalue weighted by molar-refractivity contribution is 6.30. The second-order valence-electron chi connectivity index (χ2n) is 3.16. The molecule has 0 aliphatic carbocycles. The Hall–Kier alpha value is -1.33. The fourth-order valence-electron chi connectivity index (χ4n) is 1.08. The number of hydrogen-bond donors (Lipinski definition) is 0. The molecule has 72 valence electrons. The van der Waals surface area contributed by atoms with Gasteiger partial charge in [0.1, 0.15) is 0 Å². The van der Waals surface area contributed by atoms with Gasteiger partial charge in [0.15, 0.2) is 5.78 Å². The van der Waals surface area contributed by atoms with E-state index in [0.717, 1.165) is 0 Å². The van der Waals surface area contributed by atoms with Crippen molar-refractivity contribution in [3.05, 3.63) is 34.9 Å². The lowest BCUT2D eigenvalue weighted by molar-refractivity contribution is 0.0973. The van der Waals surface area contributed by atoms with Crippen LogP contribution in [0.15, 0.2) is 24.3 Å². The highest BCUT2D eigenvalue weighted by Gasteiger charge is 2.09. The molecule has 0 heterocycles. The van der Waals surface area contributed by atoms with Crippen LogP contribution in [0, 0.1) is 17.2 Å². The van der Waals surface area contributed by atoms with Crippen molar-refractivity contribution in [3.8, 4) is 6.07 Å². The van der Waals surface area contributed by atoms with Crippen molar-refractivity contribution < 1.29 is 4.79 Å². The second kappa shape index (κ2) is 4.78. The average Bonchev–Trinajstić information content (AvgIpc) is 2.18. The van der Waals surface area contributed by atoms with Gasteiger partial charge >= 0.3 is 0 Å². The molecule has 0 amide bonds. The lowest BCUT2D eigenvalue weighted by Crippen LogP contribution is -2.04. The molecule has 1 aromatic carbocycles. The van der Waals surface area contributed by atoms with Crippen molar-refractivity contribution in [1.29, 1.82) is 5.26 Å². The zero-order valence-electron chi connectivity index (χ0n) is 7.83. The van der Waals surface area contributed by atoms with Crippen molar-refractivity contribution in [1.82, 2.24) is 0 Å². The van der Waals surface area contributed by atoms with Gasteiger partial charge in [0, 0.05) is 17.0 Å². The summed E-state index contributed by atoms with van der Waals surface area (Å²) in [7, 11) is 0. The summed E-state index contributed by atoms with van der Waals surface area (Å²) in [5.74, 6) is -0.256. The first kappa shape index (κ1) is 10.7. The number of carbonyl (C=O) groups excluding carboxylic acids is 1. The Balaban J connectivity index is 2.71. The Bertz CT molecular complexity index is 364. The van der Waals surface area contributed by atoms with Crippen molar-refractivity contribution in [2.45, 2.75) is 13.3 Å². The van der Waals surface area contributed by atoms with Crippen LogP contribution >= 0.6 is 11.6 Å². The molecule has 0 spiro atoms. The van der Waals surface area contributed by atoms with Gasteiger partial charge in [-0.3, -0.25) is 4.79 Å². The molecule has 14 heavy (non-hydrogen) atoms. The summed E-state index contributed by atoms with van der Waals surface area (Å²) in [6, 6.07) is 8.73. The van der Waals surface area contributed by atoms with Crippen LogP contribution in [-0.4, -0.2) is 5.78 Å². The van der Waals surface area contributed by atoms with E-state index in [1.54, 1.807) is 31.2 Å². The number of rotatable bonds is 3. The maximum Gasteiger partial charge on any atom is 0.164 e. The summed E-state index contributed by atoms with van der Waals surface area (Å²) in [5, 5.41) is 9.16. The number of halogens is 1. The molecule has 0 aliphatic heterocycles. The van der Waals surface area contributed by atoms with E-state index in [1.807, 2.05) is 6.07 Å². The van der Waals surface area contributed by atoms with Crippen LogP contribution in [0.5, 0.6) is 0 Å². The van der Waals surface area contributed by atoms with Gasteiger partial charge in [-0.05, 0) is 31.2 Å². The molecule has 1 rings (SSSR count). The number of hydrogen-bond acceptors (Lipinski definition) is 2. The van der Waals surface area contributed by atoms with Crippen molar-refractivity contribution >= 4 is 17.4 Å². The molecule has 0 saturated carbocycles. The molecule has 1 atom stereocenters. The zero-order valence-corrected chi connectivity index (χ0v) is 8.58. The molecule has 0 fully saturated rings. The minimum absolute atomic E-state index is 0.0179. The SMILES string of the molecule is C[C@@H](C#N)CC(=O)c1ccc(Cl)cc1. The first-order valence-corrected chi connectivity index (χ1v) is 4.69. The molecule has 0 aromatic heterocycles. The molecule has 0 radical (unpaired) electrons. The number of carbonyl (C=O) groups is 1. The van der Waals surface area contributed by atoms with Gasteiger partial charge in [-0.15, -0.1) is 0 Å². The number of nitrogens with zero attached hydrogens (tertiary/aromatic N) is 1. The number of Topliss-reactive ketones (excluding diaryl/α,β-unsaturated/α-hetero) is 1. The van der Waals surface area contributed by atoms with E-state index < -0.39 is 0 Å². The molecule has 0 bridgehead atoms. The first-order chi connectivity index (χ1) is 6.63. The molecular weight excluding hydrogens is 198 g/mol. The molecule has 2 nitrogen and oxygen atoms in total. The van der Waals surface area contributed by atoms with Gasteiger partial charge in [-0.1, -0.05) is 11.6 Å². The van der Waals surface area contributed by atoms with E-state index >= 15 is 0 Å². The predicted molar refractivity (Wildman–Crippen MR) is 55.2 cm³/mol. The van der Waals surface area contributed by atoms with Crippen LogP contribution in [0.1, 0.15) is 23.7 Å². The standard InChI is InChI=1S/C11H10ClNO/c1-8(7-13)6-11(14)9-2-4-10(12)5-3-9/h2-5,8H,6H2,1H3/t8-/m1/s1. The van der Waals surface area contributed by atoms with E-state index in [2.05, 4.69) is 0 Å². The number of benzene rings is 1. The molecule has 3 heteroatoms. The van der Waals surface area contributed by atoms with E-state index in [9.17, 15) is 4.79 Å². The van der Waals surface area contributed by atoms with Crippen molar-refractivity contribution in [3.63, 3.8) is 0 Å². The quantitative estimate of drug-likeness (QED) is 0.715. The van der Waals surface area contributed by atoms with Crippen LogP contribution < -0.4 is 0 Å². The molecule has 0 N–H and O–H groups in total. The summed E-state index contributed by atoms with van der Waals surface area (Å²) in [4.78, 5) is 11.5. The summed E-state index contributed by atoms with van der Waals surface area (Å²) in [6.45, 7) is 1.73. The van der Waals surface area contributed by atoms with Crippen LogP contribution in [0.2, 0.25) is 5.02 Å². The summed E-state index contributed by atoms with van der Waals surface area (Å²) in [5.41, 5.74) is 0.608. The maximum absolute atomic E-state index is 11.5. The Morgan fingerprint density at radius 3 is 2.57 bits per heavy atom. The largest absolute Gasteiger partial charge is 0.294 e. The highest BCUT2D eigenvalue weighted by atomic mass is 35.5. The van der Waals surface area contributed by atoms with Gasteiger partial charge in [0.25, 0.3) is 0 Å². The minimum Gasteiger partial charge on any atom is -0.294 e. The number of nitriles is 1. The Morgan fingerprint density at radius 1 is 1.50 bits per heavy atom. The minimum atomic E-state index is -0.238. The Morgan fingerprint density at radius 2 is 2.07 bits per heavy atom. The molecule has 0 unspecified atom stereocenters. The van der Waals surface area contributed by atoms with Crippen LogP contribution in [-0.2, 0) is 0 Å². The summed E-state index contributed by atoms with van der Waals surface area (Å²) >= 11 is 5.69. The number of ketones is 1. The zero-order chi connectivity index (χ0) is 10.6. The maximum atomic E-state index is 11.5. The lowest BCUT2D eigenvalue weighted by Gasteiger charge is -2.01. The van der Waals surface area contributed by atoms with E-state index in [-0.39, 0.29) is 18.1 Å². The highest BCUT2D eigenvalue weighted by Crippen LogP contribution is 2.13. The average molecular weight is 208 g/mol. The third-order valence-electron chi connectivity index (χ3n) is 1.88. The monoisotopic (exact) mass is 207 g/mol. The van der Waals surface area contributed by atoms with Crippen molar-refractivity contribution in [2.24, 2.45) is 5.92 Å². The van der Waals surface area contributed by atoms with E-state index in [4.69, 9.17) is 16.9 Å². The van der Waals surface area contributed by atoms with Gasteiger partial charge < -0.3 is 0 Å². The fourth-order valence-corrected chi connectivity index (χ4v) is 1.20. The van der Waals surface area contributed by atoms with E-state index in [1.165, 1.54) is 0 Å². The van der Waals surface area contributed by atoms with Gasteiger partial charge in [0.2, 0.25) is 0 Å². The molecule has 0 saturated heterocycles. The lowest BCUT2D eigenvalue weighted by atomic mass is 10.0. The first-order valence-electron chi connectivity index (χ1n) is 4.32. The van der Waals surface area contributed by atoms with Crippen LogP contribution in [0.4, 0.5) is 0 Å². The second-order valence-corrected chi connectivity index (χ2v) is 3.60. The van der Waals surface area contributed by atoms with Gasteiger partial charge in [-0.25, -0.2) is 0 Å². The predicted octanol–water partition coefficient (Wildman–Crippen LogP) is 3.07. The molecular formula is C11H10ClNO. The third kappa shape index (κ3) is 2.86. The topological polar surface area (TPSA) is 40.9 Å². The van der Waals surface area contributed by atoms with Crippen LogP contribution in [0.25, 0.3) is 0 Å². The summed E-state index contributed by atoms with van der Waals surface area (Å²) < 4.78 is 0. The molecule has 0 aliphatic rings. The van der Waals surface area contributed by atoms with Crippen molar-refractivity contribution in [2.75, 3.05) is 0 Å². The Labute approximate surface area is 88.1 Å². The smallest absolute Gasteiger partial charge is 0.164 e. The van der Waals surface area contributed by atoms with Gasteiger partial charge in [0.05, 0.1) is 12.0 Å². The Kier molecular flexibility index (Phi) is 3.67. The van der Waals surface area contributed by atoms with Gasteiger partial charge in [-0.2, -0.15) is 5.26 Å². The molecule has 1 aromatic rings. The third-order valence-corrected chi connectivity index (χ3v) is 2.13. The van der Waals surface area contributed by atoms with Crippen LogP contribution in [0.3, 0.4) is 0 Å². The van der Waals surface area contributed by atoms with E-state index in [0.29, 0.717) is 10.6 Å². The fraction of sp³-hybridized carbons (Fsp3) is 0.273. The normalized spacial score (nSPS) is 11.8.